The normalized spacial score (nSPS) is 12.9. The molecule has 84 valence electrons. The fourth-order valence-corrected chi connectivity index (χ4v) is 1.33. The van der Waals surface area contributed by atoms with Crippen LogP contribution in [0.3, 0.4) is 0 Å². The summed E-state index contributed by atoms with van der Waals surface area (Å²) < 4.78 is 4.62. The lowest BCUT2D eigenvalue weighted by molar-refractivity contribution is -0.142. The SMILES string of the molecule is CCCCCC(C)N(C)CC(=O)OC. The van der Waals surface area contributed by atoms with Gasteiger partial charge in [0.15, 0.2) is 0 Å². The summed E-state index contributed by atoms with van der Waals surface area (Å²) in [6.07, 6.45) is 4.91. The van der Waals surface area contributed by atoms with Crippen LogP contribution in [0.15, 0.2) is 0 Å². The number of hydrogen-bond acceptors (Lipinski definition) is 3. The quantitative estimate of drug-likeness (QED) is 0.466. The molecule has 0 saturated heterocycles. The van der Waals surface area contributed by atoms with Gasteiger partial charge < -0.3 is 4.74 Å². The number of esters is 1. The van der Waals surface area contributed by atoms with Crippen molar-refractivity contribution in [1.29, 1.82) is 0 Å². The van der Waals surface area contributed by atoms with Crippen molar-refractivity contribution in [1.82, 2.24) is 4.90 Å². The number of methoxy groups -OCH3 is 1. The van der Waals surface area contributed by atoms with Crippen molar-refractivity contribution in [3.05, 3.63) is 0 Å². The van der Waals surface area contributed by atoms with Crippen molar-refractivity contribution >= 4 is 5.97 Å². The van der Waals surface area contributed by atoms with Gasteiger partial charge in [-0.2, -0.15) is 0 Å². The van der Waals surface area contributed by atoms with Gasteiger partial charge in [-0.15, -0.1) is 0 Å². The monoisotopic (exact) mass is 201 g/mol. The molecule has 0 aromatic carbocycles. The molecule has 0 heterocycles. The Balaban J connectivity index is 3.64. The first-order chi connectivity index (χ1) is 6.61. The zero-order valence-corrected chi connectivity index (χ0v) is 9.88. The van der Waals surface area contributed by atoms with Gasteiger partial charge >= 0.3 is 5.97 Å². The fraction of sp³-hybridized carbons (Fsp3) is 0.909. The molecule has 0 saturated carbocycles. The van der Waals surface area contributed by atoms with E-state index in [4.69, 9.17) is 0 Å². The molecule has 0 aromatic heterocycles. The third-order valence-corrected chi connectivity index (χ3v) is 2.58. The molecular formula is C11H23NO2. The molecule has 0 aliphatic heterocycles. The first kappa shape index (κ1) is 13.4. The Morgan fingerprint density at radius 3 is 2.57 bits per heavy atom. The largest absolute Gasteiger partial charge is 0.468 e. The minimum Gasteiger partial charge on any atom is -0.468 e. The van der Waals surface area contributed by atoms with E-state index in [-0.39, 0.29) is 5.97 Å². The molecule has 14 heavy (non-hydrogen) atoms. The smallest absolute Gasteiger partial charge is 0.319 e. The maximum atomic E-state index is 11.0. The summed E-state index contributed by atoms with van der Waals surface area (Å²) in [5, 5.41) is 0. The summed E-state index contributed by atoms with van der Waals surface area (Å²) in [6, 6.07) is 0.459. The van der Waals surface area contributed by atoms with Crippen LogP contribution >= 0.6 is 0 Å². The maximum absolute atomic E-state index is 11.0. The van der Waals surface area contributed by atoms with Crippen molar-refractivity contribution in [3.63, 3.8) is 0 Å². The first-order valence-corrected chi connectivity index (χ1v) is 5.38. The Morgan fingerprint density at radius 2 is 2.07 bits per heavy atom. The molecule has 0 amide bonds. The van der Waals surface area contributed by atoms with Gasteiger partial charge in [0.2, 0.25) is 0 Å². The summed E-state index contributed by atoms with van der Waals surface area (Å²) >= 11 is 0. The zero-order valence-electron chi connectivity index (χ0n) is 9.88. The number of carbonyl (C=O) groups is 1. The van der Waals surface area contributed by atoms with Crippen LogP contribution in [0.2, 0.25) is 0 Å². The third-order valence-electron chi connectivity index (χ3n) is 2.58. The summed E-state index contributed by atoms with van der Waals surface area (Å²) in [4.78, 5) is 13.0. The van der Waals surface area contributed by atoms with Gasteiger partial charge in [0.25, 0.3) is 0 Å². The zero-order chi connectivity index (χ0) is 11.0. The van der Waals surface area contributed by atoms with E-state index >= 15 is 0 Å². The fourth-order valence-electron chi connectivity index (χ4n) is 1.33. The molecule has 0 radical (unpaired) electrons. The molecule has 0 aromatic rings. The van der Waals surface area contributed by atoms with E-state index < -0.39 is 0 Å². The second kappa shape index (κ2) is 7.80. The molecule has 0 N–H and O–H groups in total. The lowest BCUT2D eigenvalue weighted by Gasteiger charge is -2.23. The van der Waals surface area contributed by atoms with Gasteiger partial charge in [-0.3, -0.25) is 9.69 Å². The Labute approximate surface area is 87.4 Å². The van der Waals surface area contributed by atoms with Crippen molar-refractivity contribution < 1.29 is 9.53 Å². The average Bonchev–Trinajstić information content (AvgIpc) is 2.17. The van der Waals surface area contributed by atoms with Crippen molar-refractivity contribution in [3.8, 4) is 0 Å². The molecular weight excluding hydrogens is 178 g/mol. The van der Waals surface area contributed by atoms with Crippen LogP contribution in [-0.4, -0.2) is 37.6 Å². The van der Waals surface area contributed by atoms with E-state index in [9.17, 15) is 4.79 Å². The highest BCUT2D eigenvalue weighted by atomic mass is 16.5. The van der Waals surface area contributed by atoms with Crippen molar-refractivity contribution in [2.75, 3.05) is 20.7 Å². The number of hydrogen-bond donors (Lipinski definition) is 0. The predicted octanol–water partition coefficient (Wildman–Crippen LogP) is 2.06. The van der Waals surface area contributed by atoms with E-state index in [0.29, 0.717) is 12.6 Å². The molecule has 0 rings (SSSR count). The Morgan fingerprint density at radius 1 is 1.43 bits per heavy atom. The molecule has 0 bridgehead atoms. The van der Waals surface area contributed by atoms with Crippen molar-refractivity contribution in [2.45, 2.75) is 45.6 Å². The van der Waals surface area contributed by atoms with Crippen LogP contribution in [-0.2, 0) is 9.53 Å². The van der Waals surface area contributed by atoms with Crippen LogP contribution in [0.4, 0.5) is 0 Å². The van der Waals surface area contributed by atoms with Crippen LogP contribution in [0.5, 0.6) is 0 Å². The standard InChI is InChI=1S/C11H23NO2/c1-5-6-7-8-10(2)12(3)9-11(13)14-4/h10H,5-9H2,1-4H3. The van der Waals surface area contributed by atoms with Gasteiger partial charge in [0, 0.05) is 6.04 Å². The van der Waals surface area contributed by atoms with E-state index in [1.807, 2.05) is 11.9 Å². The summed E-state index contributed by atoms with van der Waals surface area (Å²) in [5.74, 6) is -0.158. The van der Waals surface area contributed by atoms with Crippen LogP contribution in [0.25, 0.3) is 0 Å². The molecule has 1 unspecified atom stereocenters. The highest BCUT2D eigenvalue weighted by molar-refractivity contribution is 5.71. The van der Waals surface area contributed by atoms with Gasteiger partial charge in [0.05, 0.1) is 13.7 Å². The molecule has 1 atom stereocenters. The topological polar surface area (TPSA) is 29.5 Å². The molecule has 0 spiro atoms. The van der Waals surface area contributed by atoms with Crippen LogP contribution < -0.4 is 0 Å². The first-order valence-electron chi connectivity index (χ1n) is 5.38. The second-order valence-electron chi connectivity index (χ2n) is 3.84. The number of likely N-dealkylation sites (N-methyl/N-ethyl adjacent to an activating group) is 1. The van der Waals surface area contributed by atoms with Crippen LogP contribution in [0.1, 0.15) is 39.5 Å². The molecule has 3 nitrogen and oxygen atoms in total. The van der Waals surface area contributed by atoms with E-state index in [1.165, 1.54) is 26.4 Å². The van der Waals surface area contributed by atoms with Crippen LogP contribution in [0, 0.1) is 0 Å². The number of nitrogens with zero attached hydrogens (tertiary/aromatic N) is 1. The Bertz CT molecular complexity index is 159. The molecule has 0 aliphatic rings. The highest BCUT2D eigenvalue weighted by Gasteiger charge is 2.12. The molecule has 3 heteroatoms. The summed E-state index contributed by atoms with van der Waals surface area (Å²) in [6.45, 7) is 4.74. The van der Waals surface area contributed by atoms with Gasteiger partial charge in [-0.05, 0) is 20.4 Å². The molecule has 0 fully saturated rings. The lowest BCUT2D eigenvalue weighted by Crippen LogP contribution is -2.34. The predicted molar refractivity (Wildman–Crippen MR) is 58.3 cm³/mol. The summed E-state index contributed by atoms with van der Waals surface area (Å²) in [7, 11) is 3.39. The second-order valence-corrected chi connectivity index (χ2v) is 3.84. The Kier molecular flexibility index (Phi) is 7.48. The third kappa shape index (κ3) is 5.97. The van der Waals surface area contributed by atoms with Gasteiger partial charge in [-0.1, -0.05) is 26.2 Å². The Hall–Kier alpha value is -0.570. The van der Waals surface area contributed by atoms with Crippen molar-refractivity contribution in [2.24, 2.45) is 0 Å². The number of rotatable bonds is 7. The summed E-state index contributed by atoms with van der Waals surface area (Å²) in [5.41, 5.74) is 0. The van der Waals surface area contributed by atoms with E-state index in [1.54, 1.807) is 0 Å². The minimum atomic E-state index is -0.158. The number of ether oxygens (including phenoxy) is 1. The van der Waals surface area contributed by atoms with Gasteiger partial charge in [0.1, 0.15) is 0 Å². The van der Waals surface area contributed by atoms with E-state index in [0.717, 1.165) is 6.42 Å². The molecule has 0 aliphatic carbocycles. The number of unbranched alkanes of at least 4 members (excludes halogenated alkanes) is 2. The average molecular weight is 201 g/mol. The highest BCUT2D eigenvalue weighted by Crippen LogP contribution is 2.07. The number of carbonyl (C=O) groups excluding carboxylic acids is 1. The van der Waals surface area contributed by atoms with Gasteiger partial charge in [-0.25, -0.2) is 0 Å². The lowest BCUT2D eigenvalue weighted by atomic mass is 10.1. The maximum Gasteiger partial charge on any atom is 0.319 e. The minimum absolute atomic E-state index is 0.158. The van der Waals surface area contributed by atoms with E-state index in [2.05, 4.69) is 18.6 Å².